The van der Waals surface area contributed by atoms with E-state index in [-0.39, 0.29) is 0 Å². The van der Waals surface area contributed by atoms with Crippen molar-refractivity contribution in [1.29, 1.82) is 0 Å². The minimum atomic E-state index is 0.359. The highest BCUT2D eigenvalue weighted by Gasteiger charge is 2.10. The van der Waals surface area contributed by atoms with E-state index in [1.807, 2.05) is 0 Å². The van der Waals surface area contributed by atoms with Gasteiger partial charge in [0.1, 0.15) is 5.75 Å². The first-order valence-electron chi connectivity index (χ1n) is 7.74. The molecule has 0 saturated heterocycles. The number of hydrogen-bond acceptors (Lipinski definition) is 2. The highest BCUT2D eigenvalue weighted by molar-refractivity contribution is 9.10. The van der Waals surface area contributed by atoms with E-state index < -0.39 is 0 Å². The summed E-state index contributed by atoms with van der Waals surface area (Å²) >= 11 is 3.66. The topological polar surface area (TPSA) is 21.3 Å². The van der Waals surface area contributed by atoms with Crippen molar-refractivity contribution >= 4 is 15.9 Å². The molecule has 1 aromatic carbocycles. The largest absolute Gasteiger partial charge is 0.493 e. The zero-order chi connectivity index (χ0) is 15.0. The van der Waals surface area contributed by atoms with Gasteiger partial charge in [-0.15, -0.1) is 0 Å². The molecule has 2 unspecified atom stereocenters. The van der Waals surface area contributed by atoms with E-state index >= 15 is 0 Å². The van der Waals surface area contributed by atoms with E-state index in [1.54, 1.807) is 0 Å². The summed E-state index contributed by atoms with van der Waals surface area (Å²) < 4.78 is 6.99. The minimum absolute atomic E-state index is 0.359. The Bertz CT molecular complexity index is 395. The number of benzene rings is 1. The van der Waals surface area contributed by atoms with Crippen LogP contribution in [0.15, 0.2) is 22.7 Å². The zero-order valence-electron chi connectivity index (χ0n) is 13.2. The summed E-state index contributed by atoms with van der Waals surface area (Å²) in [4.78, 5) is 0. The van der Waals surface area contributed by atoms with Gasteiger partial charge in [0.2, 0.25) is 0 Å². The van der Waals surface area contributed by atoms with Crippen LogP contribution in [0.3, 0.4) is 0 Å². The third-order valence-corrected chi connectivity index (χ3v) is 4.14. The van der Waals surface area contributed by atoms with Crippen LogP contribution in [0.2, 0.25) is 0 Å². The third kappa shape index (κ3) is 5.84. The fourth-order valence-electron chi connectivity index (χ4n) is 2.23. The molecule has 1 rings (SSSR count). The molecular weight excluding hydrogens is 314 g/mol. The van der Waals surface area contributed by atoms with Gasteiger partial charge in [-0.2, -0.15) is 0 Å². The van der Waals surface area contributed by atoms with E-state index in [0.717, 1.165) is 29.8 Å². The molecule has 0 amide bonds. The van der Waals surface area contributed by atoms with Gasteiger partial charge in [0.15, 0.2) is 0 Å². The minimum Gasteiger partial charge on any atom is -0.493 e. The Labute approximate surface area is 132 Å². The maximum Gasteiger partial charge on any atom is 0.120 e. The SMILES string of the molecule is CCCNC(C)c1ccc(OCC(C)CCC)cc1Br. The van der Waals surface area contributed by atoms with Crippen LogP contribution in [0.5, 0.6) is 5.75 Å². The lowest BCUT2D eigenvalue weighted by Crippen LogP contribution is -2.19. The molecule has 0 aromatic heterocycles. The number of nitrogens with one attached hydrogen (secondary N) is 1. The molecule has 0 aliphatic carbocycles. The standard InChI is InChI=1S/C17H28BrNO/c1-5-7-13(3)12-20-15-8-9-16(17(18)11-15)14(4)19-10-6-2/h8-9,11,13-14,19H,5-7,10,12H2,1-4H3. The molecule has 0 saturated carbocycles. The van der Waals surface area contributed by atoms with Crippen molar-refractivity contribution in [2.45, 2.75) is 53.0 Å². The fraction of sp³-hybridized carbons (Fsp3) is 0.647. The predicted molar refractivity (Wildman–Crippen MR) is 90.4 cm³/mol. The van der Waals surface area contributed by atoms with Gasteiger partial charge in [0.05, 0.1) is 6.61 Å². The van der Waals surface area contributed by atoms with Crippen LogP contribution in [-0.2, 0) is 0 Å². The van der Waals surface area contributed by atoms with Crippen molar-refractivity contribution in [2.24, 2.45) is 5.92 Å². The van der Waals surface area contributed by atoms with E-state index in [0.29, 0.717) is 12.0 Å². The Kier molecular flexibility index (Phi) is 8.24. The highest BCUT2D eigenvalue weighted by atomic mass is 79.9. The monoisotopic (exact) mass is 341 g/mol. The molecule has 0 aliphatic heterocycles. The molecule has 2 nitrogen and oxygen atoms in total. The van der Waals surface area contributed by atoms with Gasteiger partial charge < -0.3 is 10.1 Å². The number of halogens is 1. The summed E-state index contributed by atoms with van der Waals surface area (Å²) in [6.07, 6.45) is 3.59. The fourth-order valence-corrected chi connectivity index (χ4v) is 2.94. The quantitative estimate of drug-likeness (QED) is 0.655. The molecule has 2 atom stereocenters. The molecule has 20 heavy (non-hydrogen) atoms. The van der Waals surface area contributed by atoms with Crippen LogP contribution in [0, 0.1) is 5.92 Å². The maximum atomic E-state index is 5.87. The molecule has 0 radical (unpaired) electrons. The summed E-state index contributed by atoms with van der Waals surface area (Å²) in [6, 6.07) is 6.66. The van der Waals surface area contributed by atoms with E-state index in [9.17, 15) is 0 Å². The Morgan fingerprint density at radius 2 is 1.95 bits per heavy atom. The lowest BCUT2D eigenvalue weighted by Gasteiger charge is -2.17. The average Bonchev–Trinajstić information content (AvgIpc) is 2.43. The van der Waals surface area contributed by atoms with Gasteiger partial charge >= 0.3 is 0 Å². The van der Waals surface area contributed by atoms with Gasteiger partial charge in [0.25, 0.3) is 0 Å². The summed E-state index contributed by atoms with van der Waals surface area (Å²) in [6.45, 7) is 10.7. The second-order valence-electron chi connectivity index (χ2n) is 5.56. The van der Waals surface area contributed by atoms with Crippen LogP contribution in [0.4, 0.5) is 0 Å². The van der Waals surface area contributed by atoms with E-state index in [1.165, 1.54) is 18.4 Å². The van der Waals surface area contributed by atoms with Crippen molar-refractivity contribution in [2.75, 3.05) is 13.2 Å². The second kappa shape index (κ2) is 9.41. The molecule has 3 heteroatoms. The summed E-state index contributed by atoms with van der Waals surface area (Å²) in [5.74, 6) is 1.56. The van der Waals surface area contributed by atoms with Crippen LogP contribution < -0.4 is 10.1 Å². The Hall–Kier alpha value is -0.540. The van der Waals surface area contributed by atoms with Crippen molar-refractivity contribution in [3.05, 3.63) is 28.2 Å². The molecule has 0 bridgehead atoms. The molecule has 1 N–H and O–H groups in total. The third-order valence-electron chi connectivity index (χ3n) is 3.45. The van der Waals surface area contributed by atoms with Gasteiger partial charge in [-0.05, 0) is 49.9 Å². The molecule has 114 valence electrons. The second-order valence-corrected chi connectivity index (χ2v) is 6.42. The molecule has 0 fully saturated rings. The Morgan fingerprint density at radius 3 is 2.55 bits per heavy atom. The highest BCUT2D eigenvalue weighted by Crippen LogP contribution is 2.28. The molecule has 0 spiro atoms. The number of rotatable bonds is 9. The van der Waals surface area contributed by atoms with Gasteiger partial charge in [-0.25, -0.2) is 0 Å². The van der Waals surface area contributed by atoms with Gasteiger partial charge in [-0.1, -0.05) is 49.2 Å². The van der Waals surface area contributed by atoms with E-state index in [2.05, 4.69) is 67.1 Å². The number of ether oxygens (including phenoxy) is 1. The van der Waals surface area contributed by atoms with Crippen molar-refractivity contribution < 1.29 is 4.74 Å². The Morgan fingerprint density at radius 1 is 1.20 bits per heavy atom. The molecule has 0 aliphatic rings. The lowest BCUT2D eigenvalue weighted by atomic mass is 10.1. The van der Waals surface area contributed by atoms with Crippen LogP contribution in [0.25, 0.3) is 0 Å². The Balaban J connectivity index is 2.58. The summed E-state index contributed by atoms with van der Waals surface area (Å²) in [5.41, 5.74) is 1.28. The molecule has 1 aromatic rings. The predicted octanol–water partition coefficient (Wildman–Crippen LogP) is 5.32. The zero-order valence-corrected chi connectivity index (χ0v) is 14.8. The van der Waals surface area contributed by atoms with Gasteiger partial charge in [0, 0.05) is 10.5 Å². The summed E-state index contributed by atoms with van der Waals surface area (Å²) in [7, 11) is 0. The van der Waals surface area contributed by atoms with Crippen LogP contribution in [0.1, 0.15) is 58.6 Å². The lowest BCUT2D eigenvalue weighted by molar-refractivity contribution is 0.251. The first-order valence-corrected chi connectivity index (χ1v) is 8.53. The normalized spacial score (nSPS) is 14.1. The molecular formula is C17H28BrNO. The van der Waals surface area contributed by atoms with Crippen molar-refractivity contribution in [3.8, 4) is 5.75 Å². The first kappa shape index (κ1) is 17.5. The van der Waals surface area contributed by atoms with Crippen molar-refractivity contribution in [1.82, 2.24) is 5.32 Å². The first-order chi connectivity index (χ1) is 9.58. The average molecular weight is 342 g/mol. The number of hydrogen-bond donors (Lipinski definition) is 1. The van der Waals surface area contributed by atoms with Crippen molar-refractivity contribution in [3.63, 3.8) is 0 Å². The van der Waals surface area contributed by atoms with Crippen LogP contribution >= 0.6 is 15.9 Å². The van der Waals surface area contributed by atoms with Crippen LogP contribution in [-0.4, -0.2) is 13.2 Å². The maximum absolute atomic E-state index is 5.87. The van der Waals surface area contributed by atoms with Gasteiger partial charge in [-0.3, -0.25) is 0 Å². The summed E-state index contributed by atoms with van der Waals surface area (Å²) in [5, 5.41) is 3.51. The molecule has 0 heterocycles. The van der Waals surface area contributed by atoms with E-state index in [4.69, 9.17) is 4.74 Å². The smallest absolute Gasteiger partial charge is 0.120 e.